The fourth-order valence-electron chi connectivity index (χ4n) is 1.73. The Morgan fingerprint density at radius 2 is 1.68 bits per heavy atom. The molecule has 19 heavy (non-hydrogen) atoms. The third-order valence-electron chi connectivity index (χ3n) is 2.88. The van der Waals surface area contributed by atoms with Gasteiger partial charge in [-0.1, -0.05) is 44.6 Å². The molecular formula is C17H31NO. The van der Waals surface area contributed by atoms with Crippen molar-refractivity contribution in [3.63, 3.8) is 0 Å². The predicted molar refractivity (Wildman–Crippen MR) is 84.1 cm³/mol. The Morgan fingerprint density at radius 3 is 2.11 bits per heavy atom. The highest BCUT2D eigenvalue weighted by molar-refractivity contribution is 5.81. The lowest BCUT2D eigenvalue weighted by Gasteiger charge is -2.31. The number of hydrogen-bond acceptors (Lipinski definition) is 1. The third-order valence-corrected chi connectivity index (χ3v) is 2.88. The van der Waals surface area contributed by atoms with Crippen LogP contribution in [0, 0.1) is 5.41 Å². The second-order valence-electron chi connectivity index (χ2n) is 6.63. The van der Waals surface area contributed by atoms with E-state index in [0.29, 0.717) is 6.54 Å². The van der Waals surface area contributed by atoms with E-state index >= 15 is 0 Å². The summed E-state index contributed by atoms with van der Waals surface area (Å²) in [5, 5.41) is 0. The zero-order valence-electron chi connectivity index (χ0n) is 13.8. The van der Waals surface area contributed by atoms with Gasteiger partial charge in [0, 0.05) is 18.0 Å². The van der Waals surface area contributed by atoms with E-state index in [0.717, 1.165) is 12.8 Å². The van der Waals surface area contributed by atoms with Gasteiger partial charge in [-0.15, -0.1) is 0 Å². The van der Waals surface area contributed by atoms with Gasteiger partial charge in [-0.2, -0.15) is 0 Å². The lowest BCUT2D eigenvalue weighted by Crippen LogP contribution is -2.43. The zero-order chi connectivity index (χ0) is 15.1. The number of carbonyl (C=O) groups is 1. The standard InChI is InChI=1S/C17H31NO/c1-14(2)12-10-8-9-11-13-18(15(3)4)16(19)17(5,6)7/h9,11-12,15H,8,10,13H2,1-7H3/b11-9+. The molecular weight excluding hydrogens is 234 g/mol. The SMILES string of the molecule is CC(C)=CCC/C=C/CN(C(=O)C(C)(C)C)C(C)C. The van der Waals surface area contributed by atoms with E-state index in [9.17, 15) is 4.79 Å². The number of hydrogen-bond donors (Lipinski definition) is 0. The van der Waals surface area contributed by atoms with Crippen LogP contribution in [0.1, 0.15) is 61.3 Å². The predicted octanol–water partition coefficient (Wildman–Crippen LogP) is 4.57. The van der Waals surface area contributed by atoms with E-state index in [2.05, 4.69) is 45.9 Å². The molecule has 0 radical (unpaired) electrons. The third kappa shape index (κ3) is 7.86. The minimum absolute atomic E-state index is 0.219. The van der Waals surface area contributed by atoms with Gasteiger partial charge in [0.1, 0.15) is 0 Å². The van der Waals surface area contributed by atoms with Gasteiger partial charge < -0.3 is 4.90 Å². The van der Waals surface area contributed by atoms with Gasteiger partial charge in [-0.05, 0) is 40.5 Å². The maximum atomic E-state index is 12.3. The van der Waals surface area contributed by atoms with Crippen molar-refractivity contribution in [1.29, 1.82) is 0 Å². The van der Waals surface area contributed by atoms with Crippen molar-refractivity contribution in [2.45, 2.75) is 67.3 Å². The van der Waals surface area contributed by atoms with Gasteiger partial charge in [0.15, 0.2) is 0 Å². The van der Waals surface area contributed by atoms with Crippen LogP contribution in [0.15, 0.2) is 23.8 Å². The number of nitrogens with zero attached hydrogens (tertiary/aromatic N) is 1. The molecule has 0 fully saturated rings. The molecule has 0 aliphatic heterocycles. The molecule has 0 saturated carbocycles. The molecule has 0 aliphatic rings. The molecule has 0 heterocycles. The van der Waals surface area contributed by atoms with Gasteiger partial charge in [0.05, 0.1) is 0 Å². The molecule has 0 spiro atoms. The molecule has 0 unspecified atom stereocenters. The van der Waals surface area contributed by atoms with Crippen LogP contribution in [0.2, 0.25) is 0 Å². The van der Waals surface area contributed by atoms with Crippen LogP contribution in [0.3, 0.4) is 0 Å². The quantitative estimate of drug-likeness (QED) is 0.509. The molecule has 0 atom stereocenters. The van der Waals surface area contributed by atoms with E-state index in [1.165, 1.54) is 5.57 Å². The Balaban J connectivity index is 4.35. The summed E-state index contributed by atoms with van der Waals surface area (Å²) in [6.07, 6.45) is 8.65. The molecule has 2 nitrogen and oxygen atoms in total. The average molecular weight is 265 g/mol. The first-order chi connectivity index (χ1) is 8.66. The lowest BCUT2D eigenvalue weighted by atomic mass is 9.94. The fraction of sp³-hybridized carbons (Fsp3) is 0.706. The van der Waals surface area contributed by atoms with Crippen molar-refractivity contribution in [2.75, 3.05) is 6.54 Å². The first-order valence-corrected chi connectivity index (χ1v) is 7.25. The minimum atomic E-state index is -0.305. The molecule has 0 rings (SSSR count). The van der Waals surface area contributed by atoms with Gasteiger partial charge in [0.2, 0.25) is 5.91 Å². The Morgan fingerprint density at radius 1 is 1.11 bits per heavy atom. The number of carbonyl (C=O) groups excluding carboxylic acids is 1. The second kappa shape index (κ2) is 8.19. The van der Waals surface area contributed by atoms with Crippen LogP contribution >= 0.6 is 0 Å². The summed E-state index contributed by atoms with van der Waals surface area (Å²) in [5.74, 6) is 0.219. The van der Waals surface area contributed by atoms with E-state index in [1.807, 2.05) is 25.7 Å². The topological polar surface area (TPSA) is 20.3 Å². The average Bonchev–Trinajstić information content (AvgIpc) is 2.25. The van der Waals surface area contributed by atoms with Crippen molar-refractivity contribution in [3.8, 4) is 0 Å². The van der Waals surface area contributed by atoms with Crippen LogP contribution in [0.25, 0.3) is 0 Å². The van der Waals surface area contributed by atoms with Gasteiger partial charge in [-0.25, -0.2) is 0 Å². The summed E-state index contributed by atoms with van der Waals surface area (Å²) >= 11 is 0. The Kier molecular flexibility index (Phi) is 7.73. The molecule has 0 aromatic carbocycles. The summed E-state index contributed by atoms with van der Waals surface area (Å²) in [5.41, 5.74) is 1.06. The van der Waals surface area contributed by atoms with Crippen molar-refractivity contribution < 1.29 is 4.79 Å². The zero-order valence-corrected chi connectivity index (χ0v) is 13.8. The van der Waals surface area contributed by atoms with E-state index in [1.54, 1.807) is 0 Å². The van der Waals surface area contributed by atoms with Gasteiger partial charge in [-0.3, -0.25) is 4.79 Å². The van der Waals surface area contributed by atoms with E-state index < -0.39 is 0 Å². The Hall–Kier alpha value is -1.05. The molecule has 0 aromatic heterocycles. The smallest absolute Gasteiger partial charge is 0.228 e. The molecule has 0 N–H and O–H groups in total. The summed E-state index contributed by atoms with van der Waals surface area (Å²) in [6.45, 7) is 15.0. The molecule has 0 saturated heterocycles. The molecule has 110 valence electrons. The lowest BCUT2D eigenvalue weighted by molar-refractivity contribution is -0.140. The van der Waals surface area contributed by atoms with Crippen molar-refractivity contribution >= 4 is 5.91 Å². The second-order valence-corrected chi connectivity index (χ2v) is 6.63. The summed E-state index contributed by atoms with van der Waals surface area (Å²) < 4.78 is 0. The number of amides is 1. The molecule has 0 aromatic rings. The Labute approximate surface area is 119 Å². The van der Waals surface area contributed by atoms with Crippen molar-refractivity contribution in [1.82, 2.24) is 4.90 Å². The van der Waals surface area contributed by atoms with Crippen LogP contribution < -0.4 is 0 Å². The monoisotopic (exact) mass is 265 g/mol. The number of rotatable bonds is 6. The molecule has 0 bridgehead atoms. The van der Waals surface area contributed by atoms with Crippen LogP contribution in [-0.2, 0) is 4.79 Å². The van der Waals surface area contributed by atoms with E-state index in [4.69, 9.17) is 0 Å². The van der Waals surface area contributed by atoms with Crippen molar-refractivity contribution in [3.05, 3.63) is 23.8 Å². The first-order valence-electron chi connectivity index (χ1n) is 7.25. The Bertz CT molecular complexity index is 328. The van der Waals surface area contributed by atoms with Crippen LogP contribution in [0.5, 0.6) is 0 Å². The highest BCUT2D eigenvalue weighted by Crippen LogP contribution is 2.19. The highest BCUT2D eigenvalue weighted by Gasteiger charge is 2.27. The molecule has 0 aliphatic carbocycles. The maximum absolute atomic E-state index is 12.3. The first kappa shape index (κ1) is 17.9. The molecule has 2 heteroatoms. The summed E-state index contributed by atoms with van der Waals surface area (Å²) in [7, 11) is 0. The number of unbranched alkanes of at least 4 members (excludes halogenated alkanes) is 1. The highest BCUT2D eigenvalue weighted by atomic mass is 16.2. The van der Waals surface area contributed by atoms with Crippen LogP contribution in [-0.4, -0.2) is 23.4 Å². The largest absolute Gasteiger partial charge is 0.336 e. The maximum Gasteiger partial charge on any atom is 0.228 e. The van der Waals surface area contributed by atoms with Crippen molar-refractivity contribution in [2.24, 2.45) is 5.41 Å². The van der Waals surface area contributed by atoms with Crippen LogP contribution in [0.4, 0.5) is 0 Å². The molecule has 1 amide bonds. The minimum Gasteiger partial charge on any atom is -0.336 e. The summed E-state index contributed by atoms with van der Waals surface area (Å²) in [6, 6.07) is 0.245. The number of allylic oxidation sites excluding steroid dienone is 3. The van der Waals surface area contributed by atoms with Gasteiger partial charge in [0.25, 0.3) is 0 Å². The van der Waals surface area contributed by atoms with Gasteiger partial charge >= 0.3 is 0 Å². The fourth-order valence-corrected chi connectivity index (χ4v) is 1.73. The normalized spacial score (nSPS) is 12.0. The summed E-state index contributed by atoms with van der Waals surface area (Å²) in [4.78, 5) is 14.2. The van der Waals surface area contributed by atoms with E-state index in [-0.39, 0.29) is 17.4 Å².